The summed E-state index contributed by atoms with van der Waals surface area (Å²) in [7, 11) is 0. The zero-order valence-corrected chi connectivity index (χ0v) is 46.1. The van der Waals surface area contributed by atoms with E-state index in [0.29, 0.717) is 11.4 Å². The van der Waals surface area contributed by atoms with Crippen LogP contribution >= 0.6 is 0 Å². The minimum Gasteiger partial charge on any atom is -0.507 e. The molecule has 374 valence electrons. The van der Waals surface area contributed by atoms with Crippen LogP contribution in [0.2, 0.25) is 0 Å². The maximum Gasteiger partial charge on any atom is 0.161 e. The van der Waals surface area contributed by atoms with Crippen LogP contribution in [0.1, 0.15) is 79.0 Å². The zero-order chi connectivity index (χ0) is 51.3. The Morgan fingerprint density at radius 1 is 0.480 bits per heavy atom. The van der Waals surface area contributed by atoms with Crippen LogP contribution < -0.4 is 0 Å². The van der Waals surface area contributed by atoms with Gasteiger partial charge in [-0.1, -0.05) is 195 Å². The molecule has 0 aliphatic rings. The smallest absolute Gasteiger partial charge is 0.161 e. The van der Waals surface area contributed by atoms with Gasteiger partial charge in [-0.15, -0.1) is 29.3 Å². The SMILES string of the molecule is CC(C)(C)c1cc(-c2cccc3c2nc(-c2cc(C(C)(C)C)cc(C(C)(C)C)c2O)n3-c2ccccc2-c2ccccc2)[c-]c(-c2nc3ccc4c5ccc(-c6ccccc6)cc5oc4c3n2-c2ccccc2)c1.[Pt]. The summed E-state index contributed by atoms with van der Waals surface area (Å²) < 4.78 is 11.4. The minimum atomic E-state index is -0.346. The summed E-state index contributed by atoms with van der Waals surface area (Å²) in [4.78, 5) is 11.2. The van der Waals surface area contributed by atoms with Gasteiger partial charge in [-0.2, -0.15) is 0 Å². The molecule has 0 amide bonds. The van der Waals surface area contributed by atoms with Crippen LogP contribution in [0.3, 0.4) is 0 Å². The van der Waals surface area contributed by atoms with Gasteiger partial charge in [0.05, 0.1) is 33.6 Å². The topological polar surface area (TPSA) is 69.0 Å². The number of aromatic hydroxyl groups is 1. The van der Waals surface area contributed by atoms with Crippen molar-refractivity contribution in [1.29, 1.82) is 0 Å². The number of nitrogens with zero attached hydrogens (tertiary/aromatic N) is 4. The number of furan rings is 1. The second kappa shape index (κ2) is 18.5. The predicted octanol–water partition coefficient (Wildman–Crippen LogP) is 18.0. The van der Waals surface area contributed by atoms with E-state index in [1.54, 1.807) is 0 Å². The van der Waals surface area contributed by atoms with E-state index in [1.165, 1.54) is 0 Å². The number of rotatable bonds is 7. The van der Waals surface area contributed by atoms with E-state index in [1.807, 2.05) is 18.2 Å². The second-order valence-electron chi connectivity index (χ2n) is 22.8. The quantitative estimate of drug-likeness (QED) is 0.162. The molecule has 12 aromatic rings. The standard InChI is InChI=1S/C68H59N4O2.Pt/c1-66(2,3)47-37-45(36-46(38-47)64-69-56-35-34-53-52-33-32-44(42-22-13-10-14-23-42)39-59(52)74-63(53)61(56)71(64)49-26-17-12-18-27-49)51-29-21-31-58-60(51)70-65(54-40-48(67(4,5)6)41-55(62(54)73)68(7,8)9)72(58)57-30-20-19-28-50(57)43-24-15-11-16-25-43;/h10-35,37-41,73H,1-9H3;/q-1;. The number of hydrogen-bond acceptors (Lipinski definition) is 4. The van der Waals surface area contributed by atoms with Gasteiger partial charge in [0.25, 0.3) is 0 Å². The fourth-order valence-electron chi connectivity index (χ4n) is 10.6. The first-order chi connectivity index (χ1) is 35.5. The van der Waals surface area contributed by atoms with Gasteiger partial charge in [0, 0.05) is 48.7 Å². The molecule has 9 aromatic carbocycles. The van der Waals surface area contributed by atoms with Crippen LogP contribution in [0.25, 0.3) is 112 Å². The van der Waals surface area contributed by atoms with Gasteiger partial charge in [-0.3, -0.25) is 9.55 Å². The molecule has 0 saturated carbocycles. The van der Waals surface area contributed by atoms with Gasteiger partial charge in [0.15, 0.2) is 5.58 Å². The Morgan fingerprint density at radius 2 is 1.09 bits per heavy atom. The van der Waals surface area contributed by atoms with E-state index in [4.69, 9.17) is 14.4 Å². The molecule has 0 aliphatic carbocycles. The van der Waals surface area contributed by atoms with Gasteiger partial charge < -0.3 is 14.1 Å². The molecule has 0 bridgehead atoms. The van der Waals surface area contributed by atoms with Gasteiger partial charge in [0.1, 0.15) is 22.7 Å². The third-order valence-electron chi connectivity index (χ3n) is 14.6. The Bertz CT molecular complexity index is 4130. The summed E-state index contributed by atoms with van der Waals surface area (Å²) in [6.45, 7) is 19.9. The average molecular weight is 1160 g/mol. The summed E-state index contributed by atoms with van der Waals surface area (Å²) >= 11 is 0. The van der Waals surface area contributed by atoms with E-state index in [2.05, 4.69) is 247 Å². The Morgan fingerprint density at radius 3 is 1.79 bits per heavy atom. The van der Waals surface area contributed by atoms with Crippen molar-refractivity contribution >= 4 is 44.0 Å². The molecule has 0 fully saturated rings. The molecule has 3 aromatic heterocycles. The predicted molar refractivity (Wildman–Crippen MR) is 307 cm³/mol. The fourth-order valence-corrected chi connectivity index (χ4v) is 10.6. The summed E-state index contributed by atoms with van der Waals surface area (Å²) in [6.07, 6.45) is 0. The second-order valence-corrected chi connectivity index (χ2v) is 22.8. The van der Waals surface area contributed by atoms with E-state index in [0.717, 1.165) is 117 Å². The third-order valence-corrected chi connectivity index (χ3v) is 14.6. The first-order valence-corrected chi connectivity index (χ1v) is 25.6. The summed E-state index contributed by atoms with van der Waals surface area (Å²) in [5, 5.41) is 14.7. The summed E-state index contributed by atoms with van der Waals surface area (Å²) in [6, 6.07) is 69.8. The maximum atomic E-state index is 12.6. The molecule has 1 N–H and O–H groups in total. The van der Waals surface area contributed by atoms with Crippen molar-refractivity contribution in [1.82, 2.24) is 19.1 Å². The first kappa shape index (κ1) is 49.4. The third kappa shape index (κ3) is 8.69. The van der Waals surface area contributed by atoms with Gasteiger partial charge >= 0.3 is 0 Å². The molecule has 0 atom stereocenters. The van der Waals surface area contributed by atoms with Crippen LogP contribution in [0, 0.1) is 6.07 Å². The van der Waals surface area contributed by atoms with Crippen LogP contribution in [0.5, 0.6) is 5.75 Å². The maximum absolute atomic E-state index is 12.6. The number of fused-ring (bicyclic) bond motifs is 6. The van der Waals surface area contributed by atoms with Crippen molar-refractivity contribution in [3.05, 3.63) is 211 Å². The largest absolute Gasteiger partial charge is 0.507 e. The van der Waals surface area contributed by atoms with Gasteiger partial charge in [-0.05, 0) is 93.1 Å². The molecule has 75 heavy (non-hydrogen) atoms. The van der Waals surface area contributed by atoms with Crippen LogP contribution in [-0.4, -0.2) is 24.2 Å². The number of aromatic nitrogens is 4. The number of imidazole rings is 2. The molecule has 12 rings (SSSR count). The summed E-state index contributed by atoms with van der Waals surface area (Å²) in [5.41, 5.74) is 17.0. The van der Waals surface area contributed by atoms with Crippen LogP contribution in [0.15, 0.2) is 192 Å². The number of benzene rings is 9. The number of phenols is 1. The summed E-state index contributed by atoms with van der Waals surface area (Å²) in [5.74, 6) is 1.65. The van der Waals surface area contributed by atoms with Crippen molar-refractivity contribution in [2.75, 3.05) is 0 Å². The molecular formula is C68H59N4O2Pt-. The first-order valence-electron chi connectivity index (χ1n) is 25.6. The molecule has 0 saturated heterocycles. The Hall–Kier alpha value is -7.79. The Balaban J connectivity index is 0.00000602. The van der Waals surface area contributed by atoms with Crippen molar-refractivity contribution in [3.8, 4) is 73.3 Å². The van der Waals surface area contributed by atoms with E-state index in [9.17, 15) is 5.11 Å². The van der Waals surface area contributed by atoms with E-state index >= 15 is 0 Å². The average Bonchev–Trinajstić information content (AvgIpc) is 4.12. The zero-order valence-electron chi connectivity index (χ0n) is 43.9. The Kier molecular flexibility index (Phi) is 12.2. The molecule has 0 radical (unpaired) electrons. The molecule has 0 spiro atoms. The molecule has 3 heterocycles. The van der Waals surface area contributed by atoms with Crippen molar-refractivity contribution in [3.63, 3.8) is 0 Å². The van der Waals surface area contributed by atoms with Crippen LogP contribution in [0.4, 0.5) is 0 Å². The van der Waals surface area contributed by atoms with E-state index < -0.39 is 0 Å². The molecular weight excluding hydrogens is 1100 g/mol. The Labute approximate surface area is 453 Å². The minimum absolute atomic E-state index is 0. The number of hydrogen-bond donors (Lipinski definition) is 1. The number of phenolic OH excluding ortho intramolecular Hbond substituents is 1. The number of para-hydroxylation sites is 3. The monoisotopic (exact) mass is 1160 g/mol. The molecule has 0 unspecified atom stereocenters. The van der Waals surface area contributed by atoms with Gasteiger partial charge in [-0.25, -0.2) is 4.98 Å². The van der Waals surface area contributed by atoms with Crippen molar-refractivity contribution in [2.45, 2.75) is 78.6 Å². The van der Waals surface area contributed by atoms with Crippen molar-refractivity contribution in [2.24, 2.45) is 0 Å². The van der Waals surface area contributed by atoms with Gasteiger partial charge in [0.2, 0.25) is 0 Å². The fraction of sp³-hybridized carbons (Fsp3) is 0.176. The normalized spacial score (nSPS) is 12.3. The molecule has 0 aliphatic heterocycles. The van der Waals surface area contributed by atoms with Crippen LogP contribution in [-0.2, 0) is 37.3 Å². The van der Waals surface area contributed by atoms with Crippen molar-refractivity contribution < 1.29 is 30.6 Å². The molecule has 7 heteroatoms. The molecule has 6 nitrogen and oxygen atoms in total. The van der Waals surface area contributed by atoms with E-state index in [-0.39, 0.29) is 43.1 Å².